The van der Waals surface area contributed by atoms with Crippen LogP contribution in [0.4, 0.5) is 5.69 Å². The Morgan fingerprint density at radius 1 is 1.39 bits per heavy atom. The van der Waals surface area contributed by atoms with E-state index in [1.54, 1.807) is 4.90 Å². The molecule has 96 valence electrons. The molecule has 0 saturated carbocycles. The van der Waals surface area contributed by atoms with E-state index in [1.807, 2.05) is 32.0 Å². The van der Waals surface area contributed by atoms with E-state index < -0.39 is 12.0 Å². The molecule has 0 bridgehead atoms. The molecule has 1 fully saturated rings. The molecule has 1 aromatic rings. The summed E-state index contributed by atoms with van der Waals surface area (Å²) in [4.78, 5) is 24.3. The van der Waals surface area contributed by atoms with Crippen molar-refractivity contribution in [1.82, 2.24) is 5.32 Å². The predicted octanol–water partition coefficient (Wildman–Crippen LogP) is 0.693. The number of hydrogen-bond donors (Lipinski definition) is 2. The molecule has 0 radical (unpaired) electrons. The smallest absolute Gasteiger partial charge is 0.328 e. The molecule has 5 heteroatoms. The minimum Gasteiger partial charge on any atom is -0.480 e. The molecule has 0 spiro atoms. The topological polar surface area (TPSA) is 69.6 Å². The first-order valence-corrected chi connectivity index (χ1v) is 5.82. The summed E-state index contributed by atoms with van der Waals surface area (Å²) in [6.07, 6.45) is 0. The first kappa shape index (κ1) is 12.4. The Labute approximate surface area is 105 Å². The van der Waals surface area contributed by atoms with Gasteiger partial charge in [-0.25, -0.2) is 4.79 Å². The van der Waals surface area contributed by atoms with E-state index in [0.717, 1.165) is 16.8 Å². The summed E-state index contributed by atoms with van der Waals surface area (Å²) in [5.74, 6) is -1.07. The maximum atomic E-state index is 11.4. The van der Waals surface area contributed by atoms with Gasteiger partial charge in [0, 0.05) is 12.2 Å². The molecule has 2 rings (SSSR count). The lowest BCUT2D eigenvalue weighted by Gasteiger charge is -2.34. The molecule has 1 aromatic carbocycles. The molecule has 18 heavy (non-hydrogen) atoms. The quantitative estimate of drug-likeness (QED) is 0.808. The van der Waals surface area contributed by atoms with E-state index in [1.165, 1.54) is 0 Å². The Balaban J connectivity index is 2.34. The minimum absolute atomic E-state index is 0.0828. The highest BCUT2D eigenvalue weighted by molar-refractivity contribution is 5.89. The number of rotatable bonds is 2. The highest BCUT2D eigenvalue weighted by Gasteiger charge is 2.31. The molecule has 1 saturated heterocycles. The van der Waals surface area contributed by atoms with Gasteiger partial charge in [-0.05, 0) is 37.1 Å². The van der Waals surface area contributed by atoms with Crippen molar-refractivity contribution < 1.29 is 14.7 Å². The largest absolute Gasteiger partial charge is 0.480 e. The number of benzene rings is 1. The number of piperazine rings is 1. The van der Waals surface area contributed by atoms with Gasteiger partial charge in [0.1, 0.15) is 6.04 Å². The fourth-order valence-electron chi connectivity index (χ4n) is 2.04. The van der Waals surface area contributed by atoms with E-state index in [9.17, 15) is 14.7 Å². The van der Waals surface area contributed by atoms with Gasteiger partial charge >= 0.3 is 5.97 Å². The molecule has 1 amide bonds. The fraction of sp³-hybridized carbons (Fsp3) is 0.385. The summed E-state index contributed by atoms with van der Waals surface area (Å²) in [5, 5.41) is 11.8. The van der Waals surface area contributed by atoms with Crippen LogP contribution >= 0.6 is 0 Å². The number of amides is 1. The Bertz CT molecular complexity index is 499. The molecule has 0 aromatic heterocycles. The Hall–Kier alpha value is -2.04. The number of aryl methyl sites for hydroxylation is 2. The van der Waals surface area contributed by atoms with Gasteiger partial charge in [-0.1, -0.05) is 6.07 Å². The average Bonchev–Trinajstić information content (AvgIpc) is 2.32. The van der Waals surface area contributed by atoms with Crippen molar-refractivity contribution in [3.8, 4) is 0 Å². The SMILES string of the molecule is Cc1ccc(N2CC(=O)NCC2C(=O)O)cc1C. The van der Waals surface area contributed by atoms with Crippen LogP contribution in [0.15, 0.2) is 18.2 Å². The molecule has 1 heterocycles. The second kappa shape index (κ2) is 4.68. The number of anilines is 1. The number of carboxylic acid groups (broad SMARTS) is 1. The third-order valence-corrected chi connectivity index (χ3v) is 3.29. The van der Waals surface area contributed by atoms with Crippen LogP contribution in [0.25, 0.3) is 0 Å². The number of nitrogens with zero attached hydrogens (tertiary/aromatic N) is 1. The standard InChI is InChI=1S/C13H16N2O3/c1-8-3-4-10(5-9(8)2)15-7-12(16)14-6-11(15)13(17)18/h3-5,11H,6-7H2,1-2H3,(H,14,16)(H,17,18). The van der Waals surface area contributed by atoms with Gasteiger partial charge in [0.05, 0.1) is 6.54 Å². The normalized spacial score (nSPS) is 19.6. The first-order valence-electron chi connectivity index (χ1n) is 5.82. The monoisotopic (exact) mass is 248 g/mol. The van der Waals surface area contributed by atoms with Gasteiger partial charge in [0.15, 0.2) is 0 Å². The number of carbonyl (C=O) groups is 2. The van der Waals surface area contributed by atoms with Crippen molar-refractivity contribution >= 4 is 17.6 Å². The van der Waals surface area contributed by atoms with Crippen molar-refractivity contribution in [2.24, 2.45) is 0 Å². The van der Waals surface area contributed by atoms with Gasteiger partial charge in [0.25, 0.3) is 0 Å². The van der Waals surface area contributed by atoms with Crippen molar-refractivity contribution in [1.29, 1.82) is 0 Å². The summed E-state index contributed by atoms with van der Waals surface area (Å²) >= 11 is 0. The maximum absolute atomic E-state index is 11.4. The van der Waals surface area contributed by atoms with Crippen LogP contribution in [0, 0.1) is 13.8 Å². The lowest BCUT2D eigenvalue weighted by molar-refractivity contribution is -0.139. The molecule has 0 aliphatic carbocycles. The Morgan fingerprint density at radius 2 is 2.11 bits per heavy atom. The number of aliphatic carboxylic acids is 1. The van der Waals surface area contributed by atoms with Gasteiger partial charge in [0.2, 0.25) is 5.91 Å². The van der Waals surface area contributed by atoms with Crippen LogP contribution in [0.2, 0.25) is 0 Å². The Morgan fingerprint density at radius 3 is 2.72 bits per heavy atom. The fourth-order valence-corrected chi connectivity index (χ4v) is 2.04. The summed E-state index contributed by atoms with van der Waals surface area (Å²) in [5.41, 5.74) is 3.01. The van der Waals surface area contributed by atoms with Gasteiger partial charge in [-0.3, -0.25) is 4.79 Å². The van der Waals surface area contributed by atoms with E-state index in [-0.39, 0.29) is 19.0 Å². The minimum atomic E-state index is -0.923. The summed E-state index contributed by atoms with van der Waals surface area (Å²) in [6, 6.07) is 5.02. The van der Waals surface area contributed by atoms with Gasteiger partial charge in [-0.2, -0.15) is 0 Å². The lowest BCUT2D eigenvalue weighted by Crippen LogP contribution is -2.57. The highest BCUT2D eigenvalue weighted by Crippen LogP contribution is 2.22. The summed E-state index contributed by atoms with van der Waals surface area (Å²) in [7, 11) is 0. The van der Waals surface area contributed by atoms with Crippen molar-refractivity contribution in [3.63, 3.8) is 0 Å². The van der Waals surface area contributed by atoms with E-state index >= 15 is 0 Å². The second-order valence-corrected chi connectivity index (χ2v) is 4.55. The lowest BCUT2D eigenvalue weighted by atomic mass is 10.1. The average molecular weight is 248 g/mol. The van der Waals surface area contributed by atoms with Crippen LogP contribution in [0.5, 0.6) is 0 Å². The third-order valence-electron chi connectivity index (χ3n) is 3.29. The molecule has 1 unspecified atom stereocenters. The highest BCUT2D eigenvalue weighted by atomic mass is 16.4. The molecule has 5 nitrogen and oxygen atoms in total. The van der Waals surface area contributed by atoms with Crippen molar-refractivity contribution in [2.75, 3.05) is 18.0 Å². The van der Waals surface area contributed by atoms with Gasteiger partial charge in [-0.15, -0.1) is 0 Å². The van der Waals surface area contributed by atoms with Crippen LogP contribution in [0.1, 0.15) is 11.1 Å². The number of nitrogens with one attached hydrogen (secondary N) is 1. The molecule has 1 aliphatic heterocycles. The van der Waals surface area contributed by atoms with E-state index in [0.29, 0.717) is 0 Å². The molecular formula is C13H16N2O3. The van der Waals surface area contributed by atoms with Crippen LogP contribution < -0.4 is 10.2 Å². The molecular weight excluding hydrogens is 232 g/mol. The molecule has 1 aliphatic rings. The second-order valence-electron chi connectivity index (χ2n) is 4.55. The zero-order chi connectivity index (χ0) is 13.3. The van der Waals surface area contributed by atoms with Crippen LogP contribution in [-0.2, 0) is 9.59 Å². The molecule has 1 atom stereocenters. The number of carbonyl (C=O) groups excluding carboxylic acids is 1. The summed E-state index contributed by atoms with van der Waals surface area (Å²) in [6.45, 7) is 4.19. The first-order chi connectivity index (χ1) is 8.49. The summed E-state index contributed by atoms with van der Waals surface area (Å²) < 4.78 is 0. The van der Waals surface area contributed by atoms with E-state index in [2.05, 4.69) is 5.32 Å². The van der Waals surface area contributed by atoms with Gasteiger partial charge < -0.3 is 15.3 Å². The van der Waals surface area contributed by atoms with Crippen LogP contribution in [0.3, 0.4) is 0 Å². The van der Waals surface area contributed by atoms with Crippen LogP contribution in [-0.4, -0.2) is 36.1 Å². The van der Waals surface area contributed by atoms with Crippen molar-refractivity contribution in [3.05, 3.63) is 29.3 Å². The zero-order valence-corrected chi connectivity index (χ0v) is 10.4. The molecule has 2 N–H and O–H groups in total. The van der Waals surface area contributed by atoms with E-state index in [4.69, 9.17) is 0 Å². The third kappa shape index (κ3) is 2.30. The Kier molecular flexibility index (Phi) is 3.23. The van der Waals surface area contributed by atoms with Crippen molar-refractivity contribution in [2.45, 2.75) is 19.9 Å². The number of hydrogen-bond acceptors (Lipinski definition) is 3. The zero-order valence-electron chi connectivity index (χ0n) is 10.4. The number of carboxylic acids is 1. The predicted molar refractivity (Wildman–Crippen MR) is 67.7 cm³/mol. The maximum Gasteiger partial charge on any atom is 0.328 e.